The molecule has 1 nitrogen and oxygen atoms in total. The quantitative estimate of drug-likeness (QED) is 0.663. The first-order valence-electron chi connectivity index (χ1n) is 4.64. The summed E-state index contributed by atoms with van der Waals surface area (Å²) in [5, 5.41) is 0. The lowest BCUT2D eigenvalue weighted by atomic mass is 10.0. The molecule has 14 heavy (non-hydrogen) atoms. The monoisotopic (exact) mass is 186 g/mol. The summed E-state index contributed by atoms with van der Waals surface area (Å²) in [6, 6.07) is 6.15. The van der Waals surface area contributed by atoms with Crippen LogP contribution in [-0.4, -0.2) is 5.78 Å². The molecule has 0 aliphatic rings. The van der Waals surface area contributed by atoms with Gasteiger partial charge in [0.05, 0.1) is 6.42 Å². The second kappa shape index (κ2) is 4.62. The number of hydrogen-bond acceptors (Lipinski definition) is 1. The van der Waals surface area contributed by atoms with Crippen LogP contribution in [0.1, 0.15) is 23.1 Å². The van der Waals surface area contributed by atoms with E-state index in [2.05, 4.69) is 12.0 Å². The highest BCUT2D eigenvalue weighted by atomic mass is 16.1. The smallest absolute Gasteiger partial charge is 0.149 e. The summed E-state index contributed by atoms with van der Waals surface area (Å²) in [6.45, 7) is 4.06. The van der Waals surface area contributed by atoms with Crippen LogP contribution in [0.15, 0.2) is 18.2 Å². The van der Waals surface area contributed by atoms with Gasteiger partial charge in [0.25, 0.3) is 0 Å². The van der Waals surface area contributed by atoms with Gasteiger partial charge in [-0.3, -0.25) is 4.79 Å². The van der Waals surface area contributed by atoms with Gasteiger partial charge >= 0.3 is 0 Å². The van der Waals surface area contributed by atoms with Crippen molar-refractivity contribution in [2.75, 3.05) is 0 Å². The van der Waals surface area contributed by atoms with E-state index in [0.717, 1.165) is 5.56 Å². The number of carbonyl (C=O) groups is 1. The van der Waals surface area contributed by atoms with Crippen molar-refractivity contribution >= 4 is 5.78 Å². The zero-order valence-corrected chi connectivity index (χ0v) is 8.63. The largest absolute Gasteiger partial charge is 0.298 e. The van der Waals surface area contributed by atoms with Crippen LogP contribution in [0.5, 0.6) is 0 Å². The second-order valence-corrected chi connectivity index (χ2v) is 3.59. The average Bonchev–Trinajstić information content (AvgIpc) is 2.01. The van der Waals surface area contributed by atoms with Gasteiger partial charge in [0, 0.05) is 6.42 Å². The highest BCUT2D eigenvalue weighted by Crippen LogP contribution is 2.10. The average molecular weight is 186 g/mol. The van der Waals surface area contributed by atoms with Gasteiger partial charge in [0.2, 0.25) is 0 Å². The summed E-state index contributed by atoms with van der Waals surface area (Å²) in [7, 11) is 0. The molecule has 0 saturated carbocycles. The molecule has 0 atom stereocenters. The molecule has 72 valence electrons. The van der Waals surface area contributed by atoms with Gasteiger partial charge < -0.3 is 0 Å². The second-order valence-electron chi connectivity index (χ2n) is 3.59. The molecule has 0 aliphatic carbocycles. The van der Waals surface area contributed by atoms with Crippen LogP contribution in [0, 0.1) is 26.2 Å². The van der Waals surface area contributed by atoms with Crippen LogP contribution in [0.4, 0.5) is 0 Å². The number of aryl methyl sites for hydroxylation is 2. The Kier molecular flexibility index (Phi) is 3.48. The fourth-order valence-electron chi connectivity index (χ4n) is 1.58. The fourth-order valence-corrected chi connectivity index (χ4v) is 1.58. The Morgan fingerprint density at radius 3 is 2.36 bits per heavy atom. The summed E-state index contributed by atoms with van der Waals surface area (Å²) in [6.07, 6.45) is 5.75. The molecule has 0 fully saturated rings. The van der Waals surface area contributed by atoms with Gasteiger partial charge in [-0.25, -0.2) is 0 Å². The van der Waals surface area contributed by atoms with Gasteiger partial charge in [-0.1, -0.05) is 35.2 Å². The molecule has 0 aliphatic heterocycles. The van der Waals surface area contributed by atoms with Gasteiger partial charge in [-0.2, -0.15) is 0 Å². The molecule has 0 spiro atoms. The van der Waals surface area contributed by atoms with Crippen molar-refractivity contribution in [2.24, 2.45) is 0 Å². The molecule has 1 aromatic carbocycles. The molecule has 1 aromatic rings. The van der Waals surface area contributed by atoms with E-state index >= 15 is 0 Å². The summed E-state index contributed by atoms with van der Waals surface area (Å²) in [4.78, 5) is 11.3. The Bertz CT molecular complexity index is 362. The maximum Gasteiger partial charge on any atom is 0.149 e. The molecule has 0 aromatic heterocycles. The van der Waals surface area contributed by atoms with E-state index in [1.807, 2.05) is 26.0 Å². The molecule has 0 bridgehead atoms. The molecule has 1 heteroatoms. The maximum atomic E-state index is 11.3. The molecule has 0 amide bonds. The van der Waals surface area contributed by atoms with Crippen molar-refractivity contribution in [1.29, 1.82) is 0 Å². The number of terminal acetylenes is 1. The zero-order valence-electron chi connectivity index (χ0n) is 8.63. The van der Waals surface area contributed by atoms with Gasteiger partial charge in [-0.15, -0.1) is 6.42 Å². The van der Waals surface area contributed by atoms with E-state index < -0.39 is 0 Å². The Morgan fingerprint density at radius 2 is 1.86 bits per heavy atom. The van der Waals surface area contributed by atoms with Crippen molar-refractivity contribution in [2.45, 2.75) is 26.7 Å². The van der Waals surface area contributed by atoms with Crippen LogP contribution in [0.25, 0.3) is 0 Å². The Balaban J connectivity index is 2.77. The molecule has 0 radical (unpaired) electrons. The third-order valence-corrected chi connectivity index (χ3v) is 1.98. The lowest BCUT2D eigenvalue weighted by molar-refractivity contribution is -0.117. The van der Waals surface area contributed by atoms with Crippen LogP contribution in [-0.2, 0) is 11.2 Å². The normalized spacial score (nSPS) is 9.50. The first-order valence-corrected chi connectivity index (χ1v) is 4.64. The predicted octanol–water partition coefficient (Wildman–Crippen LogP) is 2.44. The fraction of sp³-hybridized carbons (Fsp3) is 0.308. The lowest BCUT2D eigenvalue weighted by Gasteiger charge is -2.02. The molecule has 0 unspecified atom stereocenters. The predicted molar refractivity (Wildman–Crippen MR) is 58.1 cm³/mol. The Hall–Kier alpha value is -1.55. The minimum atomic E-state index is 0.109. The van der Waals surface area contributed by atoms with Crippen LogP contribution >= 0.6 is 0 Å². The van der Waals surface area contributed by atoms with E-state index in [1.165, 1.54) is 11.1 Å². The van der Waals surface area contributed by atoms with Crippen LogP contribution in [0.3, 0.4) is 0 Å². The number of Topliss-reactive ketones (excluding diaryl/α,β-unsaturated/α-hetero) is 1. The molecule has 1 rings (SSSR count). The zero-order chi connectivity index (χ0) is 10.6. The van der Waals surface area contributed by atoms with Crippen molar-refractivity contribution in [3.63, 3.8) is 0 Å². The van der Waals surface area contributed by atoms with E-state index in [1.54, 1.807) is 0 Å². The summed E-state index contributed by atoms with van der Waals surface area (Å²) >= 11 is 0. The maximum absolute atomic E-state index is 11.3. The summed E-state index contributed by atoms with van der Waals surface area (Å²) in [5.41, 5.74) is 3.43. The van der Waals surface area contributed by atoms with Crippen molar-refractivity contribution in [3.8, 4) is 12.3 Å². The number of carbonyl (C=O) groups excluding carboxylic acids is 1. The number of hydrogen-bond donors (Lipinski definition) is 0. The standard InChI is InChI=1S/C13H14O/c1-4-5-13(14)9-12-7-10(2)6-11(3)8-12/h1,6-8H,5,9H2,2-3H3. The molecule has 0 heterocycles. The summed E-state index contributed by atoms with van der Waals surface area (Å²) in [5.74, 6) is 2.48. The molecule has 0 N–H and O–H groups in total. The van der Waals surface area contributed by atoms with E-state index in [4.69, 9.17) is 6.42 Å². The minimum Gasteiger partial charge on any atom is -0.298 e. The van der Waals surface area contributed by atoms with Crippen LogP contribution < -0.4 is 0 Å². The molecular weight excluding hydrogens is 172 g/mol. The SMILES string of the molecule is C#CCC(=O)Cc1cc(C)cc(C)c1. The highest BCUT2D eigenvalue weighted by molar-refractivity contribution is 5.83. The van der Waals surface area contributed by atoms with Crippen molar-refractivity contribution in [3.05, 3.63) is 34.9 Å². The van der Waals surface area contributed by atoms with E-state index in [9.17, 15) is 4.79 Å². The van der Waals surface area contributed by atoms with E-state index in [-0.39, 0.29) is 12.2 Å². The van der Waals surface area contributed by atoms with Gasteiger partial charge in [0.1, 0.15) is 5.78 Å². The third-order valence-electron chi connectivity index (χ3n) is 1.98. The van der Waals surface area contributed by atoms with Crippen molar-refractivity contribution < 1.29 is 4.79 Å². The first kappa shape index (κ1) is 10.5. The van der Waals surface area contributed by atoms with Gasteiger partial charge in [0.15, 0.2) is 0 Å². The number of rotatable bonds is 3. The lowest BCUT2D eigenvalue weighted by Crippen LogP contribution is -2.01. The minimum absolute atomic E-state index is 0.109. The molecule has 0 saturated heterocycles. The third kappa shape index (κ3) is 3.06. The molecular formula is C13H14O. The Morgan fingerprint density at radius 1 is 1.29 bits per heavy atom. The topological polar surface area (TPSA) is 17.1 Å². The van der Waals surface area contributed by atoms with E-state index in [0.29, 0.717) is 6.42 Å². The number of ketones is 1. The highest BCUT2D eigenvalue weighted by Gasteiger charge is 2.02. The Labute approximate surface area is 85.1 Å². The van der Waals surface area contributed by atoms with Crippen LogP contribution in [0.2, 0.25) is 0 Å². The van der Waals surface area contributed by atoms with Crippen molar-refractivity contribution in [1.82, 2.24) is 0 Å². The summed E-state index contributed by atoms with van der Waals surface area (Å²) < 4.78 is 0. The van der Waals surface area contributed by atoms with Gasteiger partial charge in [-0.05, 0) is 19.4 Å². The number of benzene rings is 1. The first-order chi connectivity index (χ1) is 6.61.